The maximum absolute atomic E-state index is 14.1. The van der Waals surface area contributed by atoms with Crippen molar-refractivity contribution in [2.24, 2.45) is 7.05 Å². The van der Waals surface area contributed by atoms with Gasteiger partial charge in [0.05, 0.1) is 31.2 Å². The molecule has 0 aliphatic heterocycles. The minimum absolute atomic E-state index is 0.101. The second-order valence-corrected chi connectivity index (χ2v) is 8.59. The molecule has 0 saturated heterocycles. The quantitative estimate of drug-likeness (QED) is 0.368. The number of nitrogens with one attached hydrogen (secondary N) is 1. The van der Waals surface area contributed by atoms with Crippen LogP contribution in [0.15, 0.2) is 53.0 Å². The zero-order valence-electron chi connectivity index (χ0n) is 18.0. The normalized spacial score (nSPS) is 10.8. The molecule has 0 unspecified atom stereocenters. The fourth-order valence-corrected chi connectivity index (χ4v) is 4.51. The van der Waals surface area contributed by atoms with Crippen LogP contribution in [0.25, 0.3) is 22.6 Å². The number of hydrogen-bond acceptors (Lipinski definition) is 8. The summed E-state index contributed by atoms with van der Waals surface area (Å²) in [6.07, 6.45) is 0. The Labute approximate surface area is 197 Å². The molecule has 0 atom stereocenters. The number of rotatable bonds is 8. The first kappa shape index (κ1) is 22.7. The van der Waals surface area contributed by atoms with Crippen molar-refractivity contribution in [3.05, 3.63) is 53.7 Å². The highest BCUT2D eigenvalue weighted by Gasteiger charge is 2.17. The molecule has 33 heavy (non-hydrogen) atoms. The molecule has 4 aromatic rings. The van der Waals surface area contributed by atoms with Crippen molar-refractivity contribution in [2.75, 3.05) is 25.3 Å². The summed E-state index contributed by atoms with van der Waals surface area (Å²) < 4.78 is 26.4. The zero-order valence-corrected chi connectivity index (χ0v) is 19.7. The van der Waals surface area contributed by atoms with Crippen LogP contribution in [-0.4, -0.2) is 45.6 Å². The van der Waals surface area contributed by atoms with Crippen molar-refractivity contribution in [1.82, 2.24) is 19.7 Å². The molecule has 2 heterocycles. The molecular formula is C22H20FN5O3S2. The molecular weight excluding hydrogens is 465 g/mol. The van der Waals surface area contributed by atoms with Gasteiger partial charge in [-0.05, 0) is 24.3 Å². The average Bonchev–Trinajstić information content (AvgIpc) is 3.44. The number of hydrogen-bond donors (Lipinski definition) is 1. The van der Waals surface area contributed by atoms with Gasteiger partial charge in [0.1, 0.15) is 17.3 Å². The third-order valence-electron chi connectivity index (χ3n) is 4.72. The largest absolute Gasteiger partial charge is 0.497 e. The molecule has 0 bridgehead atoms. The van der Waals surface area contributed by atoms with Crippen LogP contribution in [0.2, 0.25) is 0 Å². The third-order valence-corrected chi connectivity index (χ3v) is 6.50. The third kappa shape index (κ3) is 4.99. The first-order valence-corrected chi connectivity index (χ1v) is 11.6. The van der Waals surface area contributed by atoms with Gasteiger partial charge in [-0.15, -0.1) is 21.5 Å². The molecule has 11 heteroatoms. The van der Waals surface area contributed by atoms with Crippen molar-refractivity contribution in [3.63, 3.8) is 0 Å². The van der Waals surface area contributed by atoms with Crippen molar-refractivity contribution in [2.45, 2.75) is 5.16 Å². The van der Waals surface area contributed by atoms with E-state index in [0.717, 1.165) is 5.56 Å². The molecule has 1 amide bonds. The number of thiazole rings is 1. The zero-order chi connectivity index (χ0) is 23.4. The van der Waals surface area contributed by atoms with E-state index >= 15 is 0 Å². The van der Waals surface area contributed by atoms with E-state index in [-0.39, 0.29) is 17.5 Å². The number of carbonyl (C=O) groups excluding carboxylic acids is 1. The summed E-state index contributed by atoms with van der Waals surface area (Å²) in [5.74, 6) is 1.19. The van der Waals surface area contributed by atoms with Crippen LogP contribution in [0, 0.1) is 5.82 Å². The number of methoxy groups -OCH3 is 2. The Kier molecular flexibility index (Phi) is 6.90. The number of nitrogens with zero attached hydrogens (tertiary/aromatic N) is 4. The van der Waals surface area contributed by atoms with Gasteiger partial charge in [0.25, 0.3) is 0 Å². The van der Waals surface area contributed by atoms with Crippen molar-refractivity contribution in [3.8, 4) is 34.1 Å². The first-order valence-electron chi connectivity index (χ1n) is 9.75. The smallest absolute Gasteiger partial charge is 0.236 e. The summed E-state index contributed by atoms with van der Waals surface area (Å²) in [6, 6.07) is 11.8. The number of thioether (sulfide) groups is 1. The summed E-state index contributed by atoms with van der Waals surface area (Å²) in [4.78, 5) is 16.9. The van der Waals surface area contributed by atoms with Gasteiger partial charge < -0.3 is 19.4 Å². The van der Waals surface area contributed by atoms with Crippen LogP contribution in [0.4, 0.5) is 9.52 Å². The maximum atomic E-state index is 14.1. The fourth-order valence-electron chi connectivity index (χ4n) is 3.07. The molecule has 2 aromatic heterocycles. The van der Waals surface area contributed by atoms with Crippen LogP contribution >= 0.6 is 23.1 Å². The fraction of sp³-hybridized carbons (Fsp3) is 0.182. The molecule has 0 fully saturated rings. The maximum Gasteiger partial charge on any atom is 0.236 e. The van der Waals surface area contributed by atoms with E-state index in [4.69, 9.17) is 9.47 Å². The predicted molar refractivity (Wildman–Crippen MR) is 126 cm³/mol. The molecule has 0 spiro atoms. The van der Waals surface area contributed by atoms with Crippen LogP contribution in [0.1, 0.15) is 0 Å². The van der Waals surface area contributed by atoms with Gasteiger partial charge in [-0.1, -0.05) is 23.9 Å². The highest BCUT2D eigenvalue weighted by Crippen LogP contribution is 2.35. The molecule has 170 valence electrons. The topological polar surface area (TPSA) is 91.2 Å². The number of aromatic nitrogens is 4. The Hall–Kier alpha value is -3.44. The van der Waals surface area contributed by atoms with Gasteiger partial charge in [-0.2, -0.15) is 0 Å². The monoisotopic (exact) mass is 485 g/mol. The van der Waals surface area contributed by atoms with Crippen molar-refractivity contribution in [1.29, 1.82) is 0 Å². The SMILES string of the molecule is COc1ccc(-c2csc(NC(=O)CSc3nnc(-c4ccccc4F)n3C)n2)c(OC)c1. The Balaban J connectivity index is 1.40. The number of anilines is 1. The first-order chi connectivity index (χ1) is 16.0. The molecule has 0 aliphatic carbocycles. The molecule has 4 rings (SSSR count). The van der Waals surface area contributed by atoms with E-state index in [1.165, 1.54) is 29.2 Å². The van der Waals surface area contributed by atoms with Gasteiger partial charge in [-0.3, -0.25) is 4.79 Å². The highest BCUT2D eigenvalue weighted by atomic mass is 32.2. The van der Waals surface area contributed by atoms with Crippen LogP contribution in [-0.2, 0) is 11.8 Å². The molecule has 0 radical (unpaired) electrons. The van der Waals surface area contributed by atoms with Crippen LogP contribution in [0.3, 0.4) is 0 Å². The van der Waals surface area contributed by atoms with Crippen LogP contribution in [0.5, 0.6) is 11.5 Å². The van der Waals surface area contributed by atoms with E-state index < -0.39 is 0 Å². The molecule has 0 saturated carbocycles. The van der Waals surface area contributed by atoms with Crippen molar-refractivity contribution < 1.29 is 18.7 Å². The lowest BCUT2D eigenvalue weighted by molar-refractivity contribution is -0.113. The summed E-state index contributed by atoms with van der Waals surface area (Å²) in [5, 5.41) is 13.8. The van der Waals surface area contributed by atoms with Gasteiger partial charge in [-0.25, -0.2) is 9.37 Å². The van der Waals surface area contributed by atoms with Crippen LogP contribution < -0.4 is 14.8 Å². The summed E-state index contributed by atoms with van der Waals surface area (Å²) in [5.41, 5.74) is 1.84. The number of halogens is 1. The second kappa shape index (κ2) is 10.0. The van der Waals surface area contributed by atoms with E-state index in [1.54, 1.807) is 50.1 Å². The minimum atomic E-state index is -0.379. The Bertz CT molecular complexity index is 1290. The Morgan fingerprint density at radius 3 is 2.73 bits per heavy atom. The number of benzene rings is 2. The van der Waals surface area contributed by atoms with Gasteiger partial charge in [0, 0.05) is 24.1 Å². The molecule has 1 N–H and O–H groups in total. The molecule has 2 aromatic carbocycles. The van der Waals surface area contributed by atoms with E-state index in [1.807, 2.05) is 17.5 Å². The standard InChI is InChI=1S/C22H20FN5O3S2/c1-28-20(14-6-4-5-7-16(14)23)26-27-22(28)33-12-19(29)25-21-24-17(11-32-21)15-9-8-13(30-2)10-18(15)31-3/h4-11H,12H2,1-3H3,(H,24,25,29). The van der Waals surface area contributed by atoms with Gasteiger partial charge >= 0.3 is 0 Å². The van der Waals surface area contributed by atoms with Crippen molar-refractivity contribution >= 4 is 34.1 Å². The second-order valence-electron chi connectivity index (χ2n) is 6.79. The summed E-state index contributed by atoms with van der Waals surface area (Å²) >= 11 is 2.52. The lowest BCUT2D eigenvalue weighted by atomic mass is 10.1. The highest BCUT2D eigenvalue weighted by molar-refractivity contribution is 7.99. The van der Waals surface area contributed by atoms with Gasteiger partial charge in [0.2, 0.25) is 5.91 Å². The molecule has 0 aliphatic rings. The van der Waals surface area contributed by atoms with E-state index in [2.05, 4.69) is 20.5 Å². The Morgan fingerprint density at radius 2 is 1.97 bits per heavy atom. The number of ether oxygens (including phenoxy) is 2. The summed E-state index contributed by atoms with van der Waals surface area (Å²) in [7, 11) is 4.90. The lowest BCUT2D eigenvalue weighted by Gasteiger charge is -2.08. The number of carbonyl (C=O) groups is 1. The van der Waals surface area contributed by atoms with E-state index in [0.29, 0.717) is 38.9 Å². The Morgan fingerprint density at radius 1 is 1.15 bits per heavy atom. The lowest BCUT2D eigenvalue weighted by Crippen LogP contribution is -2.14. The minimum Gasteiger partial charge on any atom is -0.497 e. The number of amides is 1. The molecule has 8 nitrogen and oxygen atoms in total. The van der Waals surface area contributed by atoms with Gasteiger partial charge in [0.15, 0.2) is 16.1 Å². The summed E-state index contributed by atoms with van der Waals surface area (Å²) in [6.45, 7) is 0. The van der Waals surface area contributed by atoms with E-state index in [9.17, 15) is 9.18 Å². The predicted octanol–water partition coefficient (Wildman–Crippen LogP) is 4.49. The average molecular weight is 486 g/mol.